The van der Waals surface area contributed by atoms with Crippen LogP contribution in [-0.2, 0) is 9.84 Å². The van der Waals surface area contributed by atoms with Crippen LogP contribution in [0, 0.1) is 6.92 Å². The van der Waals surface area contributed by atoms with E-state index in [0.29, 0.717) is 13.0 Å². The van der Waals surface area contributed by atoms with Crippen molar-refractivity contribution in [1.82, 2.24) is 0 Å². The van der Waals surface area contributed by atoms with Crippen LogP contribution in [0.2, 0.25) is 0 Å². The highest BCUT2D eigenvalue weighted by atomic mass is 79.9. The second-order valence-corrected chi connectivity index (χ2v) is 7.33. The van der Waals surface area contributed by atoms with Crippen LogP contribution in [-0.4, -0.2) is 26.5 Å². The van der Waals surface area contributed by atoms with E-state index in [1.165, 1.54) is 5.56 Å². The van der Waals surface area contributed by atoms with Gasteiger partial charge in [-0.3, -0.25) is 0 Å². The van der Waals surface area contributed by atoms with E-state index in [2.05, 4.69) is 21.2 Å². The predicted molar refractivity (Wildman–Crippen MR) is 76.3 cm³/mol. The number of anilines is 1. The summed E-state index contributed by atoms with van der Waals surface area (Å²) >= 11 is 3.45. The van der Waals surface area contributed by atoms with E-state index < -0.39 is 9.84 Å². The first-order valence-electron chi connectivity index (χ1n) is 5.65. The average Bonchev–Trinajstić information content (AvgIpc) is 2.29. The third kappa shape index (κ3) is 5.08. The molecule has 0 saturated carbocycles. The minimum absolute atomic E-state index is 0.223. The maximum atomic E-state index is 11.3. The van der Waals surface area contributed by atoms with Gasteiger partial charge < -0.3 is 5.32 Å². The number of hydrogen-bond acceptors (Lipinski definition) is 3. The van der Waals surface area contributed by atoms with Crippen molar-refractivity contribution in [1.29, 1.82) is 0 Å². The summed E-state index contributed by atoms with van der Waals surface area (Å²) in [4.78, 5) is 0. The molecule has 0 fully saturated rings. The molecule has 0 aliphatic carbocycles. The molecule has 0 heterocycles. The number of hydrogen-bond donors (Lipinski definition) is 1. The van der Waals surface area contributed by atoms with Crippen molar-refractivity contribution < 1.29 is 8.42 Å². The van der Waals surface area contributed by atoms with Gasteiger partial charge in [0, 0.05) is 22.5 Å². The molecule has 1 N–H and O–H groups in total. The zero-order chi connectivity index (χ0) is 12.9. The van der Waals surface area contributed by atoms with E-state index in [1.54, 1.807) is 6.92 Å². The summed E-state index contributed by atoms with van der Waals surface area (Å²) in [6, 6.07) is 6.05. The highest BCUT2D eigenvalue weighted by Crippen LogP contribution is 2.23. The summed E-state index contributed by atoms with van der Waals surface area (Å²) < 4.78 is 23.6. The summed E-state index contributed by atoms with van der Waals surface area (Å²) in [6.45, 7) is 4.38. The fraction of sp³-hybridized carbons (Fsp3) is 0.500. The lowest BCUT2D eigenvalue weighted by atomic mass is 10.2. The van der Waals surface area contributed by atoms with Crippen molar-refractivity contribution >= 4 is 31.5 Å². The van der Waals surface area contributed by atoms with Gasteiger partial charge in [-0.25, -0.2) is 8.42 Å². The van der Waals surface area contributed by atoms with Gasteiger partial charge in [-0.2, -0.15) is 0 Å². The first kappa shape index (κ1) is 14.5. The van der Waals surface area contributed by atoms with E-state index >= 15 is 0 Å². The summed E-state index contributed by atoms with van der Waals surface area (Å²) in [7, 11) is -2.84. The van der Waals surface area contributed by atoms with Gasteiger partial charge in [0.1, 0.15) is 9.84 Å². The molecule has 3 nitrogen and oxygen atoms in total. The SMILES string of the molecule is CCS(=O)(=O)CCCNc1cc(C)ccc1Br. The van der Waals surface area contributed by atoms with Crippen molar-refractivity contribution in [2.24, 2.45) is 0 Å². The molecule has 0 unspecified atom stereocenters. The normalized spacial score (nSPS) is 11.5. The molecule has 0 aliphatic rings. The summed E-state index contributed by atoms with van der Waals surface area (Å²) in [5, 5.41) is 3.24. The van der Waals surface area contributed by atoms with Gasteiger partial charge >= 0.3 is 0 Å². The topological polar surface area (TPSA) is 46.2 Å². The van der Waals surface area contributed by atoms with Crippen LogP contribution in [0.4, 0.5) is 5.69 Å². The highest BCUT2D eigenvalue weighted by molar-refractivity contribution is 9.10. The number of rotatable bonds is 6. The summed E-state index contributed by atoms with van der Waals surface area (Å²) in [5.74, 6) is 0.473. The molecule has 1 rings (SSSR count). The summed E-state index contributed by atoms with van der Waals surface area (Å²) in [6.07, 6.45) is 0.635. The molecule has 5 heteroatoms. The molecule has 17 heavy (non-hydrogen) atoms. The largest absolute Gasteiger partial charge is 0.384 e. The van der Waals surface area contributed by atoms with E-state index in [9.17, 15) is 8.42 Å². The number of aryl methyl sites for hydroxylation is 1. The van der Waals surface area contributed by atoms with Crippen molar-refractivity contribution in [3.05, 3.63) is 28.2 Å². The van der Waals surface area contributed by atoms with E-state index in [0.717, 1.165) is 10.2 Å². The van der Waals surface area contributed by atoms with Crippen molar-refractivity contribution in [2.75, 3.05) is 23.4 Å². The maximum Gasteiger partial charge on any atom is 0.150 e. The van der Waals surface area contributed by atoms with Crippen molar-refractivity contribution in [3.63, 3.8) is 0 Å². The van der Waals surface area contributed by atoms with Gasteiger partial charge in [-0.05, 0) is 47.0 Å². The lowest BCUT2D eigenvalue weighted by Gasteiger charge is -2.09. The monoisotopic (exact) mass is 319 g/mol. The number of nitrogens with one attached hydrogen (secondary N) is 1. The Morgan fingerprint density at radius 2 is 2.06 bits per heavy atom. The van der Waals surface area contributed by atoms with Gasteiger partial charge in [-0.1, -0.05) is 13.0 Å². The van der Waals surface area contributed by atoms with Crippen LogP contribution in [0.3, 0.4) is 0 Å². The van der Waals surface area contributed by atoms with Gasteiger partial charge in [0.15, 0.2) is 0 Å². The Bertz CT molecular complexity index is 471. The van der Waals surface area contributed by atoms with Gasteiger partial charge in [0.25, 0.3) is 0 Å². The minimum Gasteiger partial charge on any atom is -0.384 e. The van der Waals surface area contributed by atoms with E-state index in [-0.39, 0.29) is 11.5 Å². The molecule has 0 radical (unpaired) electrons. The number of halogens is 1. The lowest BCUT2D eigenvalue weighted by Crippen LogP contribution is -2.13. The molecule has 0 aromatic heterocycles. The molecule has 0 saturated heterocycles. The van der Waals surface area contributed by atoms with Gasteiger partial charge in [0.2, 0.25) is 0 Å². The third-order valence-electron chi connectivity index (χ3n) is 2.51. The fourth-order valence-corrected chi connectivity index (χ4v) is 2.69. The Morgan fingerprint density at radius 1 is 1.35 bits per heavy atom. The standard InChI is InChI=1S/C12H18BrNO2S/c1-3-17(15,16)8-4-7-14-12-9-10(2)5-6-11(12)13/h5-6,9,14H,3-4,7-8H2,1-2H3. The Morgan fingerprint density at radius 3 is 2.71 bits per heavy atom. The number of benzene rings is 1. The van der Waals surface area contributed by atoms with Gasteiger partial charge in [-0.15, -0.1) is 0 Å². The first-order chi connectivity index (χ1) is 7.94. The lowest BCUT2D eigenvalue weighted by molar-refractivity contribution is 0.595. The van der Waals surface area contributed by atoms with Gasteiger partial charge in [0.05, 0.1) is 5.75 Å². The highest BCUT2D eigenvalue weighted by Gasteiger charge is 2.06. The first-order valence-corrected chi connectivity index (χ1v) is 8.26. The molecule has 96 valence electrons. The van der Waals surface area contributed by atoms with Crippen molar-refractivity contribution in [2.45, 2.75) is 20.3 Å². The van der Waals surface area contributed by atoms with Crippen LogP contribution in [0.1, 0.15) is 18.9 Å². The van der Waals surface area contributed by atoms with E-state index in [4.69, 9.17) is 0 Å². The molecular weight excluding hydrogens is 302 g/mol. The van der Waals surface area contributed by atoms with Crippen LogP contribution in [0.25, 0.3) is 0 Å². The molecular formula is C12H18BrNO2S. The Balaban J connectivity index is 2.44. The van der Waals surface area contributed by atoms with Crippen molar-refractivity contribution in [3.8, 4) is 0 Å². The number of sulfone groups is 1. The zero-order valence-corrected chi connectivity index (χ0v) is 12.6. The quantitative estimate of drug-likeness (QED) is 0.820. The second-order valence-electron chi connectivity index (χ2n) is 4.00. The molecule has 1 aromatic rings. The second kappa shape index (κ2) is 6.40. The molecule has 0 amide bonds. The van der Waals surface area contributed by atoms with Crippen LogP contribution >= 0.6 is 15.9 Å². The Hall–Kier alpha value is -0.550. The van der Waals surface area contributed by atoms with Crippen LogP contribution in [0.5, 0.6) is 0 Å². The summed E-state index contributed by atoms with van der Waals surface area (Å²) in [5.41, 5.74) is 2.19. The maximum absolute atomic E-state index is 11.3. The molecule has 1 aromatic carbocycles. The Kier molecular flexibility index (Phi) is 5.46. The molecule has 0 aliphatic heterocycles. The molecule has 0 atom stereocenters. The smallest absolute Gasteiger partial charge is 0.150 e. The molecule has 0 bridgehead atoms. The van der Waals surface area contributed by atoms with Crippen LogP contribution < -0.4 is 5.32 Å². The molecule has 0 spiro atoms. The van der Waals surface area contributed by atoms with E-state index in [1.807, 2.05) is 25.1 Å². The van der Waals surface area contributed by atoms with Crippen LogP contribution in [0.15, 0.2) is 22.7 Å². The minimum atomic E-state index is -2.84. The average molecular weight is 320 g/mol. The third-order valence-corrected chi connectivity index (χ3v) is 4.99. The zero-order valence-electron chi connectivity index (χ0n) is 10.2. The predicted octanol–water partition coefficient (Wildman–Crippen LogP) is 2.99. The fourth-order valence-electron chi connectivity index (χ4n) is 1.43. The Labute approximate surface area is 112 Å².